The predicted molar refractivity (Wildman–Crippen MR) is 102 cm³/mol. The van der Waals surface area contributed by atoms with Gasteiger partial charge in [-0.25, -0.2) is 13.9 Å². The number of benzene rings is 1. The van der Waals surface area contributed by atoms with Crippen molar-refractivity contribution in [3.8, 4) is 0 Å². The Labute approximate surface area is 161 Å². The van der Waals surface area contributed by atoms with Crippen molar-refractivity contribution < 1.29 is 13.6 Å². The van der Waals surface area contributed by atoms with Gasteiger partial charge in [0.05, 0.1) is 19.0 Å². The smallest absolute Gasteiger partial charge is 0.257 e. The molecule has 3 aromatic heterocycles. The van der Waals surface area contributed by atoms with Crippen molar-refractivity contribution in [2.45, 2.75) is 26.8 Å². The average molecular weight is 378 g/mol. The summed E-state index contributed by atoms with van der Waals surface area (Å²) >= 11 is 0. The zero-order chi connectivity index (χ0) is 19.7. The summed E-state index contributed by atoms with van der Waals surface area (Å²) in [6.07, 6.45) is 3.47. The first-order valence-electron chi connectivity index (χ1n) is 8.92. The summed E-state index contributed by atoms with van der Waals surface area (Å²) in [4.78, 5) is 17.1. The van der Waals surface area contributed by atoms with E-state index in [0.29, 0.717) is 29.0 Å². The maximum Gasteiger partial charge on any atom is 0.257 e. The van der Waals surface area contributed by atoms with Crippen molar-refractivity contribution in [2.75, 3.05) is 0 Å². The van der Waals surface area contributed by atoms with Gasteiger partial charge in [-0.15, -0.1) is 0 Å². The van der Waals surface area contributed by atoms with Gasteiger partial charge >= 0.3 is 0 Å². The van der Waals surface area contributed by atoms with Gasteiger partial charge in [-0.3, -0.25) is 4.79 Å². The molecule has 0 saturated heterocycles. The molecule has 1 amide bonds. The molecule has 0 aliphatic heterocycles. The first kappa shape index (κ1) is 17.9. The summed E-state index contributed by atoms with van der Waals surface area (Å²) in [5.41, 5.74) is 3.92. The molecule has 0 aliphatic rings. The summed E-state index contributed by atoms with van der Waals surface area (Å²) in [6, 6.07) is 10.2. The Morgan fingerprint density at radius 2 is 2.04 bits per heavy atom. The molecule has 4 aromatic rings. The highest BCUT2D eigenvalue weighted by atomic mass is 19.1. The van der Waals surface area contributed by atoms with E-state index in [-0.39, 0.29) is 18.3 Å². The minimum absolute atomic E-state index is 0.250. The van der Waals surface area contributed by atoms with Crippen LogP contribution in [0.1, 0.15) is 38.6 Å². The first-order valence-corrected chi connectivity index (χ1v) is 8.92. The van der Waals surface area contributed by atoms with Crippen molar-refractivity contribution in [3.63, 3.8) is 0 Å². The van der Waals surface area contributed by atoms with Crippen LogP contribution < -0.4 is 5.32 Å². The van der Waals surface area contributed by atoms with E-state index in [4.69, 9.17) is 4.42 Å². The van der Waals surface area contributed by atoms with E-state index in [2.05, 4.69) is 15.4 Å². The number of hydrogen-bond donors (Lipinski definition) is 1. The third-order valence-corrected chi connectivity index (χ3v) is 4.78. The normalized spacial score (nSPS) is 11.1. The van der Waals surface area contributed by atoms with Crippen LogP contribution in [0.3, 0.4) is 0 Å². The molecule has 0 aliphatic carbocycles. The molecule has 0 fully saturated rings. The summed E-state index contributed by atoms with van der Waals surface area (Å²) in [6.45, 7) is 4.04. The number of furan rings is 1. The summed E-state index contributed by atoms with van der Waals surface area (Å²) in [5, 5.41) is 7.13. The van der Waals surface area contributed by atoms with Crippen molar-refractivity contribution in [2.24, 2.45) is 0 Å². The minimum atomic E-state index is -0.278. The van der Waals surface area contributed by atoms with Crippen LogP contribution in [0.25, 0.3) is 5.65 Å². The number of amides is 1. The van der Waals surface area contributed by atoms with E-state index in [0.717, 1.165) is 17.0 Å². The molecule has 142 valence electrons. The third-order valence-electron chi connectivity index (χ3n) is 4.78. The predicted octanol–water partition coefficient (Wildman–Crippen LogP) is 3.60. The van der Waals surface area contributed by atoms with Crippen LogP contribution in [-0.4, -0.2) is 20.5 Å². The van der Waals surface area contributed by atoms with E-state index >= 15 is 0 Å². The van der Waals surface area contributed by atoms with Gasteiger partial charge in [-0.2, -0.15) is 5.10 Å². The highest BCUT2D eigenvalue weighted by Gasteiger charge is 2.19. The van der Waals surface area contributed by atoms with Gasteiger partial charge in [0.1, 0.15) is 17.1 Å². The number of carbonyl (C=O) groups is 1. The van der Waals surface area contributed by atoms with Gasteiger partial charge in [0.15, 0.2) is 5.65 Å². The second-order valence-corrected chi connectivity index (χ2v) is 6.59. The Hall–Kier alpha value is -3.48. The van der Waals surface area contributed by atoms with Gasteiger partial charge < -0.3 is 9.73 Å². The Balaban J connectivity index is 1.65. The number of carbonyl (C=O) groups excluding carboxylic acids is 1. The highest BCUT2D eigenvalue weighted by Crippen LogP contribution is 2.21. The van der Waals surface area contributed by atoms with Gasteiger partial charge in [0.2, 0.25) is 0 Å². The second-order valence-electron chi connectivity index (χ2n) is 6.59. The minimum Gasteiger partial charge on any atom is -0.467 e. The lowest BCUT2D eigenvalue weighted by atomic mass is 10.0. The van der Waals surface area contributed by atoms with E-state index in [9.17, 15) is 9.18 Å². The van der Waals surface area contributed by atoms with Crippen molar-refractivity contribution in [3.05, 3.63) is 88.5 Å². The number of aryl methyl sites for hydroxylation is 2. The molecular formula is C21H19FN4O2. The number of hydrogen-bond acceptors (Lipinski definition) is 4. The summed E-state index contributed by atoms with van der Waals surface area (Å²) < 4.78 is 20.9. The zero-order valence-corrected chi connectivity index (χ0v) is 15.6. The molecule has 6 nitrogen and oxygen atoms in total. The van der Waals surface area contributed by atoms with Crippen LogP contribution in [0.2, 0.25) is 0 Å². The number of rotatable bonds is 5. The van der Waals surface area contributed by atoms with Gasteiger partial charge in [0.25, 0.3) is 5.91 Å². The molecular weight excluding hydrogens is 359 g/mol. The average Bonchev–Trinajstić information content (AvgIpc) is 3.34. The molecule has 0 spiro atoms. The van der Waals surface area contributed by atoms with Crippen LogP contribution in [0.15, 0.2) is 53.3 Å². The molecule has 0 unspecified atom stereocenters. The van der Waals surface area contributed by atoms with E-state index < -0.39 is 0 Å². The standard InChI is InChI=1S/C21H19FN4O2/c1-13-17(10-15-6-3-4-8-19(15)22)14(2)26-20(25-13)18(12-24-26)21(27)23-11-16-7-5-9-28-16/h3-9,12H,10-11H2,1-2H3,(H,23,27). The molecule has 4 rings (SSSR count). The quantitative estimate of drug-likeness (QED) is 0.576. The molecule has 1 N–H and O–H groups in total. The fourth-order valence-corrected chi connectivity index (χ4v) is 3.23. The van der Waals surface area contributed by atoms with Crippen LogP contribution in [0.4, 0.5) is 4.39 Å². The molecule has 0 bridgehead atoms. The number of fused-ring (bicyclic) bond motifs is 1. The Bertz CT molecular complexity index is 1150. The number of halogens is 1. The van der Waals surface area contributed by atoms with Crippen molar-refractivity contribution >= 4 is 11.6 Å². The monoisotopic (exact) mass is 378 g/mol. The van der Waals surface area contributed by atoms with Crippen molar-refractivity contribution in [1.82, 2.24) is 19.9 Å². The van der Waals surface area contributed by atoms with E-state index in [1.807, 2.05) is 19.9 Å². The summed E-state index contributed by atoms with van der Waals surface area (Å²) in [7, 11) is 0. The second kappa shape index (κ2) is 7.26. The number of nitrogens with one attached hydrogen (secondary N) is 1. The molecule has 28 heavy (non-hydrogen) atoms. The van der Waals surface area contributed by atoms with Gasteiger partial charge in [0, 0.05) is 17.8 Å². The third kappa shape index (κ3) is 3.26. The molecule has 3 heterocycles. The highest BCUT2D eigenvalue weighted by molar-refractivity contribution is 5.99. The maximum atomic E-state index is 14.1. The fourth-order valence-electron chi connectivity index (χ4n) is 3.23. The lowest BCUT2D eigenvalue weighted by Crippen LogP contribution is -2.22. The number of aromatic nitrogens is 3. The van der Waals surface area contributed by atoms with Gasteiger partial charge in [-0.1, -0.05) is 18.2 Å². The first-order chi connectivity index (χ1) is 13.5. The van der Waals surface area contributed by atoms with Crippen LogP contribution in [-0.2, 0) is 13.0 Å². The molecule has 0 atom stereocenters. The van der Waals surface area contributed by atoms with E-state index in [1.165, 1.54) is 12.3 Å². The zero-order valence-electron chi connectivity index (χ0n) is 15.6. The molecule has 0 radical (unpaired) electrons. The molecule has 1 aromatic carbocycles. The van der Waals surface area contributed by atoms with Crippen molar-refractivity contribution in [1.29, 1.82) is 0 Å². The lowest BCUT2D eigenvalue weighted by molar-refractivity contribution is 0.0949. The molecule has 7 heteroatoms. The maximum absolute atomic E-state index is 14.1. The Morgan fingerprint density at radius 3 is 2.79 bits per heavy atom. The topological polar surface area (TPSA) is 72.4 Å². The Kier molecular flexibility index (Phi) is 4.65. The number of nitrogens with zero attached hydrogens (tertiary/aromatic N) is 3. The van der Waals surface area contributed by atoms with Crippen LogP contribution in [0.5, 0.6) is 0 Å². The Morgan fingerprint density at radius 1 is 1.21 bits per heavy atom. The van der Waals surface area contributed by atoms with Crippen LogP contribution >= 0.6 is 0 Å². The summed E-state index contributed by atoms with van der Waals surface area (Å²) in [5.74, 6) is 0.136. The fraction of sp³-hybridized carbons (Fsp3) is 0.190. The van der Waals surface area contributed by atoms with E-state index in [1.54, 1.807) is 35.0 Å². The largest absolute Gasteiger partial charge is 0.467 e. The van der Waals surface area contributed by atoms with Crippen LogP contribution in [0, 0.1) is 19.7 Å². The molecule has 0 saturated carbocycles. The SMILES string of the molecule is Cc1nc2c(C(=O)NCc3ccco3)cnn2c(C)c1Cc1ccccc1F. The lowest BCUT2D eigenvalue weighted by Gasteiger charge is -2.12. The van der Waals surface area contributed by atoms with Gasteiger partial charge in [-0.05, 0) is 43.2 Å².